The second kappa shape index (κ2) is 14.2. The molecule has 3 fully saturated rings. The van der Waals surface area contributed by atoms with Crippen LogP contribution >= 0.6 is 0 Å². The smallest absolute Gasteiger partial charge is 0.270 e. The fourth-order valence-corrected chi connectivity index (χ4v) is 8.60. The van der Waals surface area contributed by atoms with Crippen molar-refractivity contribution in [2.75, 3.05) is 13.7 Å². The number of nitrogens with one attached hydrogen (secondary N) is 3. The van der Waals surface area contributed by atoms with E-state index < -0.39 is 67.8 Å². The van der Waals surface area contributed by atoms with Gasteiger partial charge in [-0.1, -0.05) is 46.8 Å². The van der Waals surface area contributed by atoms with Crippen molar-refractivity contribution in [2.24, 2.45) is 23.2 Å². The number of nitrogens with zero attached hydrogens (tertiary/aromatic N) is 2. The molecule has 53 heavy (non-hydrogen) atoms. The Kier molecular flexibility index (Phi) is 10.3. The first-order valence-electron chi connectivity index (χ1n) is 18.3. The number of aromatic nitrogens is 1. The highest BCUT2D eigenvalue weighted by atomic mass is 32.2. The Morgan fingerprint density at radius 3 is 2.53 bits per heavy atom. The molecule has 7 atom stereocenters. The van der Waals surface area contributed by atoms with Gasteiger partial charge < -0.3 is 25.0 Å². The Labute approximate surface area is 309 Å². The topological polar surface area (TPSA) is 173 Å². The molecule has 2 saturated carbocycles. The van der Waals surface area contributed by atoms with Gasteiger partial charge in [0.1, 0.15) is 29.5 Å². The Morgan fingerprint density at radius 1 is 1.11 bits per heavy atom. The summed E-state index contributed by atoms with van der Waals surface area (Å²) in [5.74, 6) is -2.28. The van der Waals surface area contributed by atoms with Gasteiger partial charge in [-0.05, 0) is 67.2 Å². The molecule has 0 spiro atoms. The summed E-state index contributed by atoms with van der Waals surface area (Å²) in [6, 6.07) is 5.10. The van der Waals surface area contributed by atoms with Crippen LogP contribution in [0.5, 0.6) is 11.6 Å². The Hall–Kier alpha value is -4.27. The third-order valence-electron chi connectivity index (χ3n) is 11.0. The lowest BCUT2D eigenvalue weighted by molar-refractivity contribution is -0.144. The second-order valence-corrected chi connectivity index (χ2v) is 18.2. The molecule has 1 aromatic carbocycles. The van der Waals surface area contributed by atoms with Crippen molar-refractivity contribution in [3.63, 3.8) is 0 Å². The lowest BCUT2D eigenvalue weighted by atomic mass is 9.86. The highest BCUT2D eigenvalue weighted by Gasteiger charge is 2.64. The predicted octanol–water partition coefficient (Wildman–Crippen LogP) is 3.92. The molecule has 2 aromatic rings. The van der Waals surface area contributed by atoms with Gasteiger partial charge in [-0.3, -0.25) is 19.2 Å². The van der Waals surface area contributed by atoms with Gasteiger partial charge in [0.25, 0.3) is 15.9 Å². The molecule has 6 rings (SSSR count). The summed E-state index contributed by atoms with van der Waals surface area (Å²) in [6.07, 6.45) is 6.23. The van der Waals surface area contributed by atoms with Crippen LogP contribution in [0.1, 0.15) is 79.6 Å². The Balaban J connectivity index is 1.35. The molecule has 2 aliphatic carbocycles. The van der Waals surface area contributed by atoms with Gasteiger partial charge in [-0.2, -0.15) is 0 Å². The average Bonchev–Trinajstić information content (AvgIpc) is 3.97. The van der Waals surface area contributed by atoms with E-state index in [1.807, 2.05) is 35.9 Å². The zero-order chi connectivity index (χ0) is 38.5. The predicted molar refractivity (Wildman–Crippen MR) is 195 cm³/mol. The highest BCUT2D eigenvalue weighted by Crippen LogP contribution is 2.48. The van der Waals surface area contributed by atoms with Crippen LogP contribution in [-0.4, -0.2) is 84.3 Å². The van der Waals surface area contributed by atoms with Crippen molar-refractivity contribution in [1.82, 2.24) is 25.2 Å². The lowest BCUT2D eigenvalue weighted by Crippen LogP contribution is -2.60. The maximum atomic E-state index is 14.7. The Bertz CT molecular complexity index is 1930. The summed E-state index contributed by atoms with van der Waals surface area (Å²) in [5.41, 5.74) is -2.47. The summed E-state index contributed by atoms with van der Waals surface area (Å²) in [4.78, 5) is 62.0. The number of hydrogen-bond acceptors (Lipinski definition) is 9. The van der Waals surface area contributed by atoms with E-state index in [4.69, 9.17) is 9.47 Å². The van der Waals surface area contributed by atoms with Gasteiger partial charge >= 0.3 is 0 Å². The quantitative estimate of drug-likeness (QED) is 0.354. The highest BCUT2D eigenvalue weighted by molar-refractivity contribution is 7.91. The number of benzene rings is 1. The molecular weight excluding hydrogens is 706 g/mol. The van der Waals surface area contributed by atoms with Gasteiger partial charge in [0.2, 0.25) is 28.6 Å². The molecular formula is C38H50FN5O8S. The van der Waals surface area contributed by atoms with Crippen molar-refractivity contribution in [3.05, 3.63) is 42.6 Å². The number of methoxy groups -OCH3 is 1. The van der Waals surface area contributed by atoms with Crippen LogP contribution in [0.15, 0.2) is 42.6 Å². The number of alkyl halides is 1. The van der Waals surface area contributed by atoms with Gasteiger partial charge in [-0.15, -0.1) is 0 Å². The molecule has 0 unspecified atom stereocenters. The first-order valence-corrected chi connectivity index (χ1v) is 19.8. The number of pyridine rings is 1. The minimum absolute atomic E-state index is 0.0145. The lowest BCUT2D eigenvalue weighted by Gasteiger charge is -2.34. The monoisotopic (exact) mass is 755 g/mol. The number of fused-ring (bicyclic) bond motifs is 3. The third kappa shape index (κ3) is 7.85. The van der Waals surface area contributed by atoms with Gasteiger partial charge in [0.15, 0.2) is 0 Å². The number of halogens is 1. The largest absolute Gasteiger partial charge is 0.497 e. The van der Waals surface area contributed by atoms with Crippen molar-refractivity contribution in [3.8, 4) is 11.6 Å². The van der Waals surface area contributed by atoms with Crippen LogP contribution < -0.4 is 24.8 Å². The van der Waals surface area contributed by atoms with E-state index in [9.17, 15) is 32.0 Å². The minimum atomic E-state index is -4.65. The van der Waals surface area contributed by atoms with E-state index >= 15 is 0 Å². The average molecular weight is 756 g/mol. The molecule has 4 amide bonds. The molecule has 15 heteroatoms. The fraction of sp³-hybridized carbons (Fsp3) is 0.605. The van der Waals surface area contributed by atoms with Crippen molar-refractivity contribution >= 4 is 44.4 Å². The van der Waals surface area contributed by atoms with E-state index in [0.29, 0.717) is 29.9 Å². The molecule has 2 aliphatic heterocycles. The van der Waals surface area contributed by atoms with Gasteiger partial charge in [0.05, 0.1) is 13.7 Å². The summed E-state index contributed by atoms with van der Waals surface area (Å²) in [7, 11) is -3.08. The van der Waals surface area contributed by atoms with Crippen LogP contribution in [0.3, 0.4) is 0 Å². The summed E-state index contributed by atoms with van der Waals surface area (Å²) in [5, 5.41) is 4.75. The summed E-state index contributed by atoms with van der Waals surface area (Å²) in [6.45, 7) is 9.22. The van der Waals surface area contributed by atoms with Crippen LogP contribution in [0.2, 0.25) is 0 Å². The minimum Gasteiger partial charge on any atom is -0.497 e. The van der Waals surface area contributed by atoms with Crippen molar-refractivity contribution in [2.45, 2.75) is 108 Å². The zero-order valence-corrected chi connectivity index (χ0v) is 31.9. The number of rotatable bonds is 7. The number of sulfonamides is 1. The number of ether oxygens (including phenoxy) is 2. The third-order valence-corrected chi connectivity index (χ3v) is 12.8. The van der Waals surface area contributed by atoms with Crippen molar-refractivity contribution < 1.29 is 41.5 Å². The van der Waals surface area contributed by atoms with E-state index in [2.05, 4.69) is 22.5 Å². The van der Waals surface area contributed by atoms with E-state index in [1.54, 1.807) is 46.2 Å². The number of hydrogen-bond donors (Lipinski definition) is 3. The maximum Gasteiger partial charge on any atom is 0.270 e. The number of carbonyl (C=O) groups is 4. The molecule has 0 radical (unpaired) electrons. The molecule has 4 aliphatic rings. The number of allylic oxidation sites excluding steroid dienone is 1. The van der Waals surface area contributed by atoms with Gasteiger partial charge in [-0.25, -0.2) is 22.5 Å². The SMILES string of the molecule is COc1ccc2c(O[C@@H]3C[C@H]4C(=O)N[C@]5(C(=O)NS(=O)(=O)C6(F)CC6)C[C@H]5/C=C\CC[C@@H](C)C[C@@H](C)[C@H](NC(=O)C(C)(C)C)C(=O)N4C3)nccc2c1. The first kappa shape index (κ1) is 38.5. The number of amides is 4. The van der Waals surface area contributed by atoms with Crippen molar-refractivity contribution in [1.29, 1.82) is 0 Å². The summed E-state index contributed by atoms with van der Waals surface area (Å²) >= 11 is 0. The molecule has 0 bridgehead atoms. The Morgan fingerprint density at radius 2 is 1.85 bits per heavy atom. The second-order valence-electron chi connectivity index (χ2n) is 16.3. The van der Waals surface area contributed by atoms with E-state index in [1.165, 1.54) is 4.90 Å². The molecule has 288 valence electrons. The summed E-state index contributed by atoms with van der Waals surface area (Å²) < 4.78 is 54.0. The molecule has 1 saturated heterocycles. The normalized spacial score (nSPS) is 30.8. The van der Waals surface area contributed by atoms with Gasteiger partial charge in [0, 0.05) is 42.2 Å². The number of carbonyl (C=O) groups excluding carboxylic acids is 4. The van der Waals surface area contributed by atoms with Crippen LogP contribution in [0.4, 0.5) is 4.39 Å². The molecule has 3 N–H and O–H groups in total. The molecule has 13 nitrogen and oxygen atoms in total. The van der Waals surface area contributed by atoms with E-state index in [-0.39, 0.29) is 50.0 Å². The first-order chi connectivity index (χ1) is 24.9. The van der Waals surface area contributed by atoms with Crippen LogP contribution in [-0.2, 0) is 29.2 Å². The molecule has 1 aromatic heterocycles. The zero-order valence-electron chi connectivity index (χ0n) is 31.1. The van der Waals surface area contributed by atoms with Crippen LogP contribution in [0, 0.1) is 23.2 Å². The fourth-order valence-electron chi connectivity index (χ4n) is 7.35. The van der Waals surface area contributed by atoms with E-state index in [0.717, 1.165) is 11.8 Å². The standard InChI is InChI=1S/C38H50FN5O8S/c1-22-9-7-8-10-25-20-38(25,35(48)43-53(49,50)37(39)14-15-37)42-31(45)29-19-27(52-32-28-12-11-26(51-6)18-24(28)13-16-40-32)21-44(29)33(46)30(23(2)17-22)41-34(47)36(3,4)5/h8,10-13,16,18,22-23,25,27,29-30H,7,9,14-15,17,19-21H2,1-6H3,(H,41,47)(H,42,45)(H,43,48)/b10-8-/t22-,23-,25-,27-,29+,30+,38-/m1/s1. The maximum absolute atomic E-state index is 14.7. The molecule has 3 heterocycles. The van der Waals surface area contributed by atoms with Crippen LogP contribution in [0.25, 0.3) is 10.8 Å².